The van der Waals surface area contributed by atoms with E-state index in [9.17, 15) is 9.59 Å². The van der Waals surface area contributed by atoms with Crippen molar-refractivity contribution in [3.05, 3.63) is 43.4 Å². The summed E-state index contributed by atoms with van der Waals surface area (Å²) in [6.07, 6.45) is 2.04. The van der Waals surface area contributed by atoms with Gasteiger partial charge in [-0.2, -0.15) is 5.10 Å². The first kappa shape index (κ1) is 15.4. The van der Waals surface area contributed by atoms with Gasteiger partial charge in [0.25, 0.3) is 5.56 Å². The Labute approximate surface area is 126 Å². The molecule has 0 spiro atoms. The molecule has 0 aliphatic carbocycles. The minimum Gasteiger partial charge on any atom is -0.393 e. The van der Waals surface area contributed by atoms with Crippen molar-refractivity contribution >= 4 is 17.3 Å². The van der Waals surface area contributed by atoms with Gasteiger partial charge in [-0.3, -0.25) is 18.6 Å². The fraction of sp³-hybridized carbons (Fsp3) is 0.462. The maximum absolute atomic E-state index is 12.3. The molecule has 0 amide bonds. The van der Waals surface area contributed by atoms with E-state index in [0.29, 0.717) is 23.7 Å². The van der Waals surface area contributed by atoms with Gasteiger partial charge in [0.15, 0.2) is 0 Å². The molecule has 0 saturated heterocycles. The Hall–Kier alpha value is -2.02. The zero-order valence-corrected chi connectivity index (χ0v) is 13.0. The third-order valence-corrected chi connectivity index (χ3v) is 3.85. The van der Waals surface area contributed by atoms with Crippen LogP contribution in [0.5, 0.6) is 0 Å². The van der Waals surface area contributed by atoms with Crippen LogP contribution in [-0.4, -0.2) is 18.9 Å². The summed E-state index contributed by atoms with van der Waals surface area (Å²) in [5.41, 5.74) is 6.14. The van der Waals surface area contributed by atoms with Crippen molar-refractivity contribution in [2.45, 2.75) is 33.4 Å². The number of aryl methyl sites for hydroxylation is 3. The molecule has 0 aromatic carbocycles. The van der Waals surface area contributed by atoms with Crippen molar-refractivity contribution in [3.8, 4) is 0 Å². The lowest BCUT2D eigenvalue weighted by Gasteiger charge is -2.10. The molecule has 2 N–H and O–H groups in total. The van der Waals surface area contributed by atoms with Crippen LogP contribution in [0.4, 0.5) is 5.69 Å². The van der Waals surface area contributed by atoms with Crippen LogP contribution in [0.15, 0.2) is 15.8 Å². The van der Waals surface area contributed by atoms with Crippen molar-refractivity contribution in [3.63, 3.8) is 0 Å². The van der Waals surface area contributed by atoms with Gasteiger partial charge in [0.05, 0.1) is 23.0 Å². The fourth-order valence-electron chi connectivity index (χ4n) is 2.18. The van der Waals surface area contributed by atoms with Crippen LogP contribution in [0.2, 0.25) is 5.02 Å². The van der Waals surface area contributed by atoms with E-state index in [4.69, 9.17) is 17.3 Å². The Morgan fingerprint density at radius 3 is 2.52 bits per heavy atom. The van der Waals surface area contributed by atoms with Gasteiger partial charge in [-0.1, -0.05) is 18.5 Å². The van der Waals surface area contributed by atoms with Crippen LogP contribution in [0.25, 0.3) is 0 Å². The Morgan fingerprint density at radius 2 is 2.00 bits per heavy atom. The third kappa shape index (κ3) is 2.61. The average Bonchev–Trinajstić information content (AvgIpc) is 2.74. The molecular weight excluding hydrogens is 294 g/mol. The normalized spacial score (nSPS) is 11.0. The maximum atomic E-state index is 12.3. The molecular formula is C13H18ClN5O2. The first-order valence-electron chi connectivity index (χ1n) is 6.70. The molecule has 0 bridgehead atoms. The number of nitrogen functional groups attached to an aromatic ring is 1. The molecule has 2 rings (SSSR count). The lowest BCUT2D eigenvalue weighted by molar-refractivity contribution is 0.578. The third-order valence-electron chi connectivity index (χ3n) is 3.42. The summed E-state index contributed by atoms with van der Waals surface area (Å²) >= 11 is 6.26. The second-order valence-corrected chi connectivity index (χ2v) is 5.11. The Balaban J connectivity index is 2.60. The van der Waals surface area contributed by atoms with E-state index >= 15 is 0 Å². The lowest BCUT2D eigenvalue weighted by atomic mass is 10.3. The molecule has 7 nitrogen and oxygen atoms in total. The fourth-order valence-corrected chi connectivity index (χ4v) is 2.54. The van der Waals surface area contributed by atoms with Crippen molar-refractivity contribution in [2.24, 2.45) is 7.05 Å². The summed E-state index contributed by atoms with van der Waals surface area (Å²) in [5.74, 6) is 0. The molecule has 0 fully saturated rings. The molecule has 2 aromatic rings. The predicted molar refractivity (Wildman–Crippen MR) is 81.7 cm³/mol. The largest absolute Gasteiger partial charge is 0.393 e. The number of anilines is 1. The van der Waals surface area contributed by atoms with Gasteiger partial charge in [-0.05, 0) is 13.3 Å². The second-order valence-electron chi connectivity index (χ2n) is 4.73. The highest BCUT2D eigenvalue weighted by Gasteiger charge is 2.16. The number of hydrogen-bond donors (Lipinski definition) is 1. The number of rotatable bonds is 4. The topological polar surface area (TPSA) is 87.8 Å². The zero-order valence-electron chi connectivity index (χ0n) is 12.3. The summed E-state index contributed by atoms with van der Waals surface area (Å²) in [7, 11) is 1.73. The first-order valence-corrected chi connectivity index (χ1v) is 7.08. The van der Waals surface area contributed by atoms with Crippen molar-refractivity contribution in [2.75, 3.05) is 5.73 Å². The molecule has 0 unspecified atom stereocenters. The minimum absolute atomic E-state index is 0.0328. The Bertz CT molecular complexity index is 787. The van der Waals surface area contributed by atoms with Crippen molar-refractivity contribution in [1.82, 2.24) is 18.9 Å². The van der Waals surface area contributed by atoms with E-state index in [1.54, 1.807) is 11.7 Å². The Morgan fingerprint density at radius 1 is 1.33 bits per heavy atom. The first-order chi connectivity index (χ1) is 9.90. The van der Waals surface area contributed by atoms with Crippen LogP contribution in [0.1, 0.15) is 25.2 Å². The molecule has 8 heteroatoms. The summed E-state index contributed by atoms with van der Waals surface area (Å²) < 4.78 is 4.06. The standard InChI is InChI=1S/C13H18ClN5O2/c1-4-9-11(14)10(17(3)16-9)7-19-12(20)8(15)6-18(5-2)13(19)21/h6H,4-5,7,15H2,1-3H3. The molecule has 0 atom stereocenters. The van der Waals surface area contributed by atoms with E-state index in [2.05, 4.69) is 5.10 Å². The van der Waals surface area contributed by atoms with E-state index in [1.807, 2.05) is 13.8 Å². The van der Waals surface area contributed by atoms with Gasteiger partial charge in [0.2, 0.25) is 0 Å². The zero-order chi connectivity index (χ0) is 15.7. The predicted octanol–water partition coefficient (Wildman–Crippen LogP) is 0.610. The number of nitrogens with two attached hydrogens (primary N) is 1. The molecule has 114 valence electrons. The van der Waals surface area contributed by atoms with Gasteiger partial charge >= 0.3 is 5.69 Å². The molecule has 2 aromatic heterocycles. The summed E-state index contributed by atoms with van der Waals surface area (Å²) in [6.45, 7) is 4.23. The maximum Gasteiger partial charge on any atom is 0.331 e. The molecule has 0 aliphatic rings. The van der Waals surface area contributed by atoms with Gasteiger partial charge in [0.1, 0.15) is 5.69 Å². The van der Waals surface area contributed by atoms with Gasteiger partial charge in [-0.15, -0.1) is 0 Å². The van der Waals surface area contributed by atoms with Crippen LogP contribution >= 0.6 is 11.6 Å². The highest BCUT2D eigenvalue weighted by atomic mass is 35.5. The summed E-state index contributed by atoms with van der Waals surface area (Å²) in [6, 6.07) is 0. The summed E-state index contributed by atoms with van der Waals surface area (Å²) in [5, 5.41) is 4.76. The highest BCUT2D eigenvalue weighted by molar-refractivity contribution is 6.31. The van der Waals surface area contributed by atoms with Crippen LogP contribution < -0.4 is 17.0 Å². The molecule has 0 radical (unpaired) electrons. The minimum atomic E-state index is -0.514. The smallest absolute Gasteiger partial charge is 0.331 e. The van der Waals surface area contributed by atoms with Gasteiger partial charge < -0.3 is 5.73 Å². The average molecular weight is 312 g/mol. The van der Waals surface area contributed by atoms with Crippen molar-refractivity contribution in [1.29, 1.82) is 0 Å². The number of halogens is 1. The second kappa shape index (κ2) is 5.77. The van der Waals surface area contributed by atoms with E-state index in [1.165, 1.54) is 10.8 Å². The molecule has 0 aliphatic heterocycles. The summed E-state index contributed by atoms with van der Waals surface area (Å²) in [4.78, 5) is 24.4. The molecule has 2 heterocycles. The highest BCUT2D eigenvalue weighted by Crippen LogP contribution is 2.21. The van der Waals surface area contributed by atoms with E-state index in [0.717, 1.165) is 10.3 Å². The van der Waals surface area contributed by atoms with Crippen LogP contribution in [-0.2, 0) is 26.6 Å². The molecule has 0 saturated carbocycles. The van der Waals surface area contributed by atoms with Gasteiger partial charge in [-0.25, -0.2) is 4.79 Å². The number of hydrogen-bond acceptors (Lipinski definition) is 4. The lowest BCUT2D eigenvalue weighted by Crippen LogP contribution is -2.41. The SMILES string of the molecule is CCc1nn(C)c(Cn2c(=O)c(N)cn(CC)c2=O)c1Cl. The van der Waals surface area contributed by atoms with Gasteiger partial charge in [0, 0.05) is 19.8 Å². The Kier molecular flexibility index (Phi) is 4.22. The van der Waals surface area contributed by atoms with Crippen molar-refractivity contribution < 1.29 is 0 Å². The quantitative estimate of drug-likeness (QED) is 0.896. The van der Waals surface area contributed by atoms with Crippen LogP contribution in [0.3, 0.4) is 0 Å². The number of aromatic nitrogens is 4. The van der Waals surface area contributed by atoms with E-state index in [-0.39, 0.29) is 12.2 Å². The molecule has 21 heavy (non-hydrogen) atoms. The monoisotopic (exact) mass is 311 g/mol. The van der Waals surface area contributed by atoms with Crippen LogP contribution in [0, 0.1) is 0 Å². The number of nitrogens with zero attached hydrogens (tertiary/aromatic N) is 4. The van der Waals surface area contributed by atoms with E-state index < -0.39 is 11.2 Å².